The Bertz CT molecular complexity index is 490. The standard InChI is InChI=1S/C16H22ClNO/c1-11(19)14-6-5-13(9-15(14)17)18-8-7-12(10-18)16(2,3)4/h5-6,9,12H,7-8,10H2,1-4H3. The molecule has 0 radical (unpaired) electrons. The third kappa shape index (κ3) is 3.11. The van der Waals surface area contributed by atoms with Crippen LogP contribution in [0.4, 0.5) is 5.69 Å². The molecule has 1 atom stereocenters. The topological polar surface area (TPSA) is 20.3 Å². The van der Waals surface area contributed by atoms with Crippen LogP contribution >= 0.6 is 11.6 Å². The first-order chi connectivity index (χ1) is 8.79. The van der Waals surface area contributed by atoms with E-state index in [1.54, 1.807) is 6.92 Å². The Morgan fingerprint density at radius 3 is 2.53 bits per heavy atom. The number of anilines is 1. The summed E-state index contributed by atoms with van der Waals surface area (Å²) in [6.07, 6.45) is 1.22. The summed E-state index contributed by atoms with van der Waals surface area (Å²) in [5, 5.41) is 0.559. The summed E-state index contributed by atoms with van der Waals surface area (Å²) in [6, 6.07) is 5.77. The summed E-state index contributed by atoms with van der Waals surface area (Å²) in [4.78, 5) is 13.8. The van der Waals surface area contributed by atoms with E-state index in [-0.39, 0.29) is 5.78 Å². The van der Waals surface area contributed by atoms with E-state index in [4.69, 9.17) is 11.6 Å². The Balaban J connectivity index is 2.16. The highest BCUT2D eigenvalue weighted by atomic mass is 35.5. The lowest BCUT2D eigenvalue weighted by molar-refractivity contribution is 0.101. The fourth-order valence-corrected chi connectivity index (χ4v) is 3.00. The quantitative estimate of drug-likeness (QED) is 0.747. The maximum atomic E-state index is 11.4. The van der Waals surface area contributed by atoms with Crippen LogP contribution in [0.15, 0.2) is 18.2 Å². The first-order valence-electron chi connectivity index (χ1n) is 6.84. The van der Waals surface area contributed by atoms with Gasteiger partial charge in [-0.3, -0.25) is 4.79 Å². The SMILES string of the molecule is CC(=O)c1ccc(N2CCC(C(C)(C)C)C2)cc1Cl. The van der Waals surface area contributed by atoms with Gasteiger partial charge in [0.05, 0.1) is 5.02 Å². The van der Waals surface area contributed by atoms with Crippen LogP contribution < -0.4 is 4.90 Å². The summed E-state index contributed by atoms with van der Waals surface area (Å²) in [5.41, 5.74) is 2.08. The van der Waals surface area contributed by atoms with Crippen molar-refractivity contribution in [2.24, 2.45) is 11.3 Å². The van der Waals surface area contributed by atoms with Gasteiger partial charge in [-0.05, 0) is 42.9 Å². The van der Waals surface area contributed by atoms with Crippen molar-refractivity contribution in [3.05, 3.63) is 28.8 Å². The highest BCUT2D eigenvalue weighted by Crippen LogP contribution is 2.36. The molecule has 0 saturated carbocycles. The highest BCUT2D eigenvalue weighted by molar-refractivity contribution is 6.34. The molecule has 1 heterocycles. The van der Waals surface area contributed by atoms with Crippen LogP contribution in [0.3, 0.4) is 0 Å². The first-order valence-corrected chi connectivity index (χ1v) is 7.22. The number of ketones is 1. The third-order valence-corrected chi connectivity index (χ3v) is 4.42. The van der Waals surface area contributed by atoms with Gasteiger partial charge < -0.3 is 4.90 Å². The second kappa shape index (κ2) is 5.16. The van der Waals surface area contributed by atoms with E-state index >= 15 is 0 Å². The number of nitrogens with zero attached hydrogens (tertiary/aromatic N) is 1. The fraction of sp³-hybridized carbons (Fsp3) is 0.562. The normalized spacial score (nSPS) is 19.8. The Morgan fingerprint density at radius 2 is 2.05 bits per heavy atom. The predicted octanol–water partition coefficient (Wildman–Crippen LogP) is 4.42. The summed E-state index contributed by atoms with van der Waals surface area (Å²) < 4.78 is 0. The summed E-state index contributed by atoms with van der Waals surface area (Å²) in [6.45, 7) is 10.6. The number of hydrogen-bond acceptors (Lipinski definition) is 2. The maximum absolute atomic E-state index is 11.4. The van der Waals surface area contributed by atoms with Gasteiger partial charge >= 0.3 is 0 Å². The monoisotopic (exact) mass is 279 g/mol. The van der Waals surface area contributed by atoms with Crippen molar-refractivity contribution < 1.29 is 4.79 Å². The molecule has 1 aromatic rings. The molecule has 2 nitrogen and oxygen atoms in total. The number of hydrogen-bond donors (Lipinski definition) is 0. The Hall–Kier alpha value is -1.02. The molecule has 1 unspecified atom stereocenters. The smallest absolute Gasteiger partial charge is 0.161 e. The minimum atomic E-state index is 0.0190. The second-order valence-electron chi connectivity index (χ2n) is 6.52. The van der Waals surface area contributed by atoms with E-state index in [2.05, 4.69) is 25.7 Å². The Labute approximate surface area is 120 Å². The van der Waals surface area contributed by atoms with Crippen molar-refractivity contribution in [1.29, 1.82) is 0 Å². The summed E-state index contributed by atoms with van der Waals surface area (Å²) >= 11 is 6.18. The van der Waals surface area contributed by atoms with Gasteiger partial charge in [-0.1, -0.05) is 32.4 Å². The molecule has 1 aliphatic rings. The average molecular weight is 280 g/mol. The second-order valence-corrected chi connectivity index (χ2v) is 6.93. The zero-order chi connectivity index (χ0) is 14.2. The van der Waals surface area contributed by atoms with Crippen LogP contribution in [0.2, 0.25) is 5.02 Å². The van der Waals surface area contributed by atoms with Crippen molar-refractivity contribution in [3.8, 4) is 0 Å². The number of benzene rings is 1. The van der Waals surface area contributed by atoms with Gasteiger partial charge in [0, 0.05) is 24.3 Å². The molecule has 0 spiro atoms. The van der Waals surface area contributed by atoms with Gasteiger partial charge in [0.25, 0.3) is 0 Å². The van der Waals surface area contributed by atoms with Crippen LogP contribution in [0.1, 0.15) is 44.5 Å². The number of Topliss-reactive ketones (excluding diaryl/α,β-unsaturated/α-hetero) is 1. The lowest BCUT2D eigenvalue weighted by Gasteiger charge is -2.27. The van der Waals surface area contributed by atoms with Crippen LogP contribution in [0, 0.1) is 11.3 Å². The molecule has 0 amide bonds. The number of rotatable bonds is 2. The maximum Gasteiger partial charge on any atom is 0.161 e. The fourth-order valence-electron chi connectivity index (χ4n) is 2.69. The molecule has 1 aliphatic heterocycles. The van der Waals surface area contributed by atoms with Gasteiger partial charge in [0.2, 0.25) is 0 Å². The summed E-state index contributed by atoms with van der Waals surface area (Å²) in [5.74, 6) is 0.726. The molecule has 0 N–H and O–H groups in total. The van der Waals surface area contributed by atoms with Crippen molar-refractivity contribution >= 4 is 23.1 Å². The third-order valence-electron chi connectivity index (χ3n) is 4.11. The number of halogens is 1. The molecule has 1 fully saturated rings. The minimum absolute atomic E-state index is 0.0190. The predicted molar refractivity (Wildman–Crippen MR) is 81.2 cm³/mol. The average Bonchev–Trinajstić information content (AvgIpc) is 2.76. The molecule has 0 bridgehead atoms. The highest BCUT2D eigenvalue weighted by Gasteiger charge is 2.31. The Kier molecular flexibility index (Phi) is 3.91. The van der Waals surface area contributed by atoms with E-state index in [0.29, 0.717) is 21.9 Å². The molecule has 1 aromatic carbocycles. The van der Waals surface area contributed by atoms with Gasteiger partial charge in [-0.15, -0.1) is 0 Å². The van der Waals surface area contributed by atoms with Crippen LogP contribution in [-0.2, 0) is 0 Å². The molecular formula is C16H22ClNO. The Morgan fingerprint density at radius 1 is 1.37 bits per heavy atom. The van der Waals surface area contributed by atoms with Crippen LogP contribution in [0.5, 0.6) is 0 Å². The van der Waals surface area contributed by atoms with E-state index in [9.17, 15) is 4.79 Å². The van der Waals surface area contributed by atoms with Crippen molar-refractivity contribution in [3.63, 3.8) is 0 Å². The molecule has 104 valence electrons. The molecule has 0 aromatic heterocycles. The molecule has 0 aliphatic carbocycles. The van der Waals surface area contributed by atoms with E-state index in [1.165, 1.54) is 6.42 Å². The number of carbonyl (C=O) groups excluding carboxylic acids is 1. The molecule has 2 rings (SSSR count). The van der Waals surface area contributed by atoms with Crippen molar-refractivity contribution in [2.75, 3.05) is 18.0 Å². The van der Waals surface area contributed by atoms with Crippen molar-refractivity contribution in [1.82, 2.24) is 0 Å². The molecular weight excluding hydrogens is 258 g/mol. The van der Waals surface area contributed by atoms with Crippen LogP contribution in [0.25, 0.3) is 0 Å². The lowest BCUT2D eigenvalue weighted by Crippen LogP contribution is -2.25. The van der Waals surface area contributed by atoms with E-state index in [1.807, 2.05) is 18.2 Å². The van der Waals surface area contributed by atoms with Gasteiger partial charge in [0.15, 0.2) is 5.78 Å². The van der Waals surface area contributed by atoms with Crippen LogP contribution in [-0.4, -0.2) is 18.9 Å². The lowest BCUT2D eigenvalue weighted by atomic mass is 9.80. The largest absolute Gasteiger partial charge is 0.371 e. The molecule has 3 heteroatoms. The summed E-state index contributed by atoms with van der Waals surface area (Å²) in [7, 11) is 0. The van der Waals surface area contributed by atoms with Crippen molar-refractivity contribution in [2.45, 2.75) is 34.1 Å². The molecule has 19 heavy (non-hydrogen) atoms. The van der Waals surface area contributed by atoms with E-state index < -0.39 is 0 Å². The van der Waals surface area contributed by atoms with Gasteiger partial charge in [-0.25, -0.2) is 0 Å². The molecule has 1 saturated heterocycles. The van der Waals surface area contributed by atoms with Gasteiger partial charge in [0.1, 0.15) is 0 Å². The minimum Gasteiger partial charge on any atom is -0.371 e. The van der Waals surface area contributed by atoms with Gasteiger partial charge in [-0.2, -0.15) is 0 Å². The van der Waals surface area contributed by atoms with E-state index in [0.717, 1.165) is 18.8 Å². The zero-order valence-corrected chi connectivity index (χ0v) is 12.9. The first kappa shape index (κ1) is 14.4. The number of carbonyl (C=O) groups is 1. The zero-order valence-electron chi connectivity index (χ0n) is 12.2.